The molecule has 0 amide bonds. The van der Waals surface area contributed by atoms with E-state index in [9.17, 15) is 4.79 Å². The number of phenolic OH excluding ortho intramolecular Hbond substituents is 2. The number of rotatable bonds is 3. The summed E-state index contributed by atoms with van der Waals surface area (Å²) in [5.74, 6) is -0.322. The van der Waals surface area contributed by atoms with E-state index in [1.54, 1.807) is 24.5 Å². The maximum Gasteiger partial charge on any atom is 0.225 e. The zero-order valence-corrected chi connectivity index (χ0v) is 7.34. The largest absolute Gasteiger partial charge is 0.504 e. The van der Waals surface area contributed by atoms with Crippen molar-refractivity contribution in [3.05, 3.63) is 42.0 Å². The molecule has 0 heterocycles. The summed E-state index contributed by atoms with van der Waals surface area (Å²) in [7, 11) is 0. The van der Waals surface area contributed by atoms with Crippen LogP contribution in [0.3, 0.4) is 0 Å². The molecule has 0 atom stereocenters. The van der Waals surface area contributed by atoms with Crippen molar-refractivity contribution in [1.29, 1.82) is 0 Å². The van der Waals surface area contributed by atoms with Crippen LogP contribution in [0.15, 0.2) is 36.4 Å². The lowest BCUT2D eigenvalue weighted by molar-refractivity contribution is 0.403. The summed E-state index contributed by atoms with van der Waals surface area (Å²) in [6.45, 7) is 0. The Morgan fingerprint density at radius 3 is 2.57 bits per heavy atom. The van der Waals surface area contributed by atoms with Crippen LogP contribution in [0.5, 0.6) is 11.5 Å². The summed E-state index contributed by atoms with van der Waals surface area (Å²) in [5.41, 5.74) is 0.732. The molecule has 0 aromatic heterocycles. The smallest absolute Gasteiger partial charge is 0.225 e. The maximum absolute atomic E-state index is 9.80. The van der Waals surface area contributed by atoms with Crippen LogP contribution in [0.4, 0.5) is 0 Å². The molecular formula is C11H9O3. The normalized spacial score (nSPS) is 11.1. The van der Waals surface area contributed by atoms with Gasteiger partial charge in [0.15, 0.2) is 11.5 Å². The van der Waals surface area contributed by atoms with Gasteiger partial charge >= 0.3 is 0 Å². The Morgan fingerprint density at radius 2 is 1.93 bits per heavy atom. The summed E-state index contributed by atoms with van der Waals surface area (Å²) >= 11 is 0. The number of allylic oxidation sites excluding steroid dienone is 3. The number of hydrogen-bond donors (Lipinski definition) is 2. The molecule has 0 aliphatic heterocycles. The second kappa shape index (κ2) is 4.87. The molecule has 14 heavy (non-hydrogen) atoms. The van der Waals surface area contributed by atoms with Crippen molar-refractivity contribution < 1.29 is 15.0 Å². The third-order valence-corrected chi connectivity index (χ3v) is 1.56. The van der Waals surface area contributed by atoms with E-state index < -0.39 is 0 Å². The average Bonchev–Trinajstić information content (AvgIpc) is 2.18. The second-order valence-corrected chi connectivity index (χ2v) is 2.58. The third kappa shape index (κ3) is 2.79. The maximum atomic E-state index is 9.80. The minimum Gasteiger partial charge on any atom is -0.504 e. The SMILES string of the molecule is O=[C]C=CC=Cc1ccc(O)c(O)c1. The van der Waals surface area contributed by atoms with Gasteiger partial charge in [-0.2, -0.15) is 0 Å². The van der Waals surface area contributed by atoms with Gasteiger partial charge in [0.1, 0.15) is 0 Å². The van der Waals surface area contributed by atoms with Gasteiger partial charge in [-0.15, -0.1) is 0 Å². The number of aromatic hydroxyl groups is 2. The molecule has 1 rings (SSSR count). The van der Waals surface area contributed by atoms with Gasteiger partial charge in [0.05, 0.1) is 0 Å². The highest BCUT2D eigenvalue weighted by Crippen LogP contribution is 2.25. The van der Waals surface area contributed by atoms with Gasteiger partial charge < -0.3 is 10.2 Å². The van der Waals surface area contributed by atoms with Gasteiger partial charge in [0, 0.05) is 0 Å². The van der Waals surface area contributed by atoms with Crippen molar-refractivity contribution in [2.45, 2.75) is 0 Å². The Bertz CT molecular complexity index is 378. The molecule has 71 valence electrons. The van der Waals surface area contributed by atoms with Crippen molar-refractivity contribution in [2.75, 3.05) is 0 Å². The van der Waals surface area contributed by atoms with Gasteiger partial charge in [0.25, 0.3) is 0 Å². The first-order valence-electron chi connectivity index (χ1n) is 3.97. The van der Waals surface area contributed by atoms with E-state index in [0.29, 0.717) is 0 Å². The van der Waals surface area contributed by atoms with Crippen LogP contribution in [-0.4, -0.2) is 16.5 Å². The molecule has 3 heteroatoms. The molecule has 0 bridgehead atoms. The molecule has 0 aliphatic carbocycles. The first-order chi connectivity index (χ1) is 6.74. The molecule has 0 spiro atoms. The standard InChI is InChI=1S/C11H9O3/c12-7-3-1-2-4-9-5-6-10(13)11(14)8-9/h1-6,8,13-14H. The summed E-state index contributed by atoms with van der Waals surface area (Å²) in [4.78, 5) is 9.80. The van der Waals surface area contributed by atoms with E-state index in [1.165, 1.54) is 24.3 Å². The zero-order valence-electron chi connectivity index (χ0n) is 7.34. The predicted octanol–water partition coefficient (Wildman–Crippen LogP) is 1.78. The van der Waals surface area contributed by atoms with Crippen LogP contribution >= 0.6 is 0 Å². The topological polar surface area (TPSA) is 57.5 Å². The lowest BCUT2D eigenvalue weighted by atomic mass is 10.2. The third-order valence-electron chi connectivity index (χ3n) is 1.56. The number of hydrogen-bond acceptors (Lipinski definition) is 3. The molecular weight excluding hydrogens is 180 g/mol. The fraction of sp³-hybridized carbons (Fsp3) is 0. The van der Waals surface area contributed by atoms with E-state index >= 15 is 0 Å². The van der Waals surface area contributed by atoms with Crippen molar-refractivity contribution in [3.8, 4) is 11.5 Å². The lowest BCUT2D eigenvalue weighted by Crippen LogP contribution is -1.72. The molecule has 0 saturated carbocycles. The minimum absolute atomic E-state index is 0.154. The first kappa shape index (κ1) is 10.1. The van der Waals surface area contributed by atoms with E-state index in [2.05, 4.69) is 0 Å². The Hall–Kier alpha value is -2.03. The number of phenols is 2. The van der Waals surface area contributed by atoms with Gasteiger partial charge in [0.2, 0.25) is 6.29 Å². The van der Waals surface area contributed by atoms with Crippen LogP contribution in [0, 0.1) is 0 Å². The Labute approximate surface area is 81.6 Å². The molecule has 1 aromatic carbocycles. The van der Waals surface area contributed by atoms with Crippen LogP contribution < -0.4 is 0 Å². The summed E-state index contributed by atoms with van der Waals surface area (Å²) in [6, 6.07) is 4.46. The average molecular weight is 189 g/mol. The van der Waals surface area contributed by atoms with E-state index in [0.717, 1.165) is 5.56 Å². The van der Waals surface area contributed by atoms with Gasteiger partial charge in [-0.3, -0.25) is 4.79 Å². The molecule has 2 N–H and O–H groups in total. The van der Waals surface area contributed by atoms with Gasteiger partial charge in [-0.05, 0) is 23.8 Å². The van der Waals surface area contributed by atoms with Crippen LogP contribution in [0.1, 0.15) is 5.56 Å². The second-order valence-electron chi connectivity index (χ2n) is 2.58. The minimum atomic E-state index is -0.168. The molecule has 0 unspecified atom stereocenters. The van der Waals surface area contributed by atoms with E-state index in [4.69, 9.17) is 10.2 Å². The van der Waals surface area contributed by atoms with Crippen LogP contribution in [0.25, 0.3) is 6.08 Å². The molecule has 1 aromatic rings. The Balaban J connectivity index is 2.77. The fourth-order valence-corrected chi connectivity index (χ4v) is 0.906. The quantitative estimate of drug-likeness (QED) is 0.433. The molecule has 0 saturated heterocycles. The molecule has 0 aliphatic rings. The van der Waals surface area contributed by atoms with E-state index in [-0.39, 0.29) is 11.5 Å². The fourth-order valence-electron chi connectivity index (χ4n) is 0.906. The summed E-state index contributed by atoms with van der Waals surface area (Å²) in [6.07, 6.45) is 7.68. The monoisotopic (exact) mass is 189 g/mol. The highest BCUT2D eigenvalue weighted by Gasteiger charge is 1.96. The zero-order chi connectivity index (χ0) is 10.4. The lowest BCUT2D eigenvalue weighted by Gasteiger charge is -1.97. The summed E-state index contributed by atoms with van der Waals surface area (Å²) < 4.78 is 0. The van der Waals surface area contributed by atoms with Crippen molar-refractivity contribution in [1.82, 2.24) is 0 Å². The Kier molecular flexibility index (Phi) is 3.49. The molecule has 3 nitrogen and oxygen atoms in total. The Morgan fingerprint density at radius 1 is 1.14 bits per heavy atom. The van der Waals surface area contributed by atoms with Crippen LogP contribution in [0.2, 0.25) is 0 Å². The van der Waals surface area contributed by atoms with Crippen molar-refractivity contribution in [2.24, 2.45) is 0 Å². The predicted molar refractivity (Wildman–Crippen MR) is 53.6 cm³/mol. The molecule has 0 fully saturated rings. The molecule has 1 radical (unpaired) electrons. The van der Waals surface area contributed by atoms with Gasteiger partial charge in [-0.25, -0.2) is 0 Å². The van der Waals surface area contributed by atoms with Gasteiger partial charge in [-0.1, -0.05) is 24.3 Å². The highest BCUT2D eigenvalue weighted by molar-refractivity contribution is 5.67. The van der Waals surface area contributed by atoms with Crippen molar-refractivity contribution >= 4 is 12.4 Å². The number of benzene rings is 1. The number of carbonyl (C=O) groups excluding carboxylic acids is 1. The highest BCUT2D eigenvalue weighted by atomic mass is 16.3. The van der Waals surface area contributed by atoms with Crippen molar-refractivity contribution in [3.63, 3.8) is 0 Å². The van der Waals surface area contributed by atoms with Crippen LogP contribution in [-0.2, 0) is 4.79 Å². The first-order valence-corrected chi connectivity index (χ1v) is 3.97. The summed E-state index contributed by atoms with van der Waals surface area (Å²) in [5, 5.41) is 18.2. The van der Waals surface area contributed by atoms with E-state index in [1.807, 2.05) is 0 Å².